The SMILES string of the molecule is CSC1CCC(Nc2ccc(C(N)=O)nn2)CC1. The van der Waals surface area contributed by atoms with Gasteiger partial charge in [-0.2, -0.15) is 11.8 Å². The van der Waals surface area contributed by atoms with Crippen molar-refractivity contribution in [2.75, 3.05) is 11.6 Å². The van der Waals surface area contributed by atoms with Crippen molar-refractivity contribution in [2.45, 2.75) is 37.0 Å². The fourth-order valence-electron chi connectivity index (χ4n) is 2.19. The molecule has 1 aromatic rings. The van der Waals surface area contributed by atoms with Crippen molar-refractivity contribution in [1.82, 2.24) is 10.2 Å². The lowest BCUT2D eigenvalue weighted by Crippen LogP contribution is -2.27. The summed E-state index contributed by atoms with van der Waals surface area (Å²) in [5.41, 5.74) is 5.32. The topological polar surface area (TPSA) is 80.9 Å². The van der Waals surface area contributed by atoms with E-state index in [1.54, 1.807) is 12.1 Å². The predicted octanol–water partition coefficient (Wildman–Crippen LogP) is 1.66. The Morgan fingerprint density at radius 1 is 1.33 bits per heavy atom. The Balaban J connectivity index is 1.88. The number of primary amides is 1. The van der Waals surface area contributed by atoms with Crippen LogP contribution in [-0.4, -0.2) is 33.7 Å². The van der Waals surface area contributed by atoms with Gasteiger partial charge in [0, 0.05) is 11.3 Å². The van der Waals surface area contributed by atoms with Gasteiger partial charge < -0.3 is 11.1 Å². The molecule has 0 bridgehead atoms. The van der Waals surface area contributed by atoms with Crippen LogP contribution >= 0.6 is 11.8 Å². The van der Waals surface area contributed by atoms with Gasteiger partial charge in [0.1, 0.15) is 5.82 Å². The Hall–Kier alpha value is -1.30. The fourth-order valence-corrected chi connectivity index (χ4v) is 2.94. The highest BCUT2D eigenvalue weighted by Gasteiger charge is 2.20. The van der Waals surface area contributed by atoms with Crippen LogP contribution in [0.25, 0.3) is 0 Å². The first-order valence-corrected chi connectivity index (χ1v) is 7.40. The smallest absolute Gasteiger partial charge is 0.269 e. The summed E-state index contributed by atoms with van der Waals surface area (Å²) in [5, 5.41) is 11.9. The molecule has 0 spiro atoms. The second-order valence-corrected chi connectivity index (χ2v) is 5.66. The minimum atomic E-state index is -0.547. The third kappa shape index (κ3) is 3.35. The molecule has 0 radical (unpaired) electrons. The normalized spacial score (nSPS) is 23.6. The number of carbonyl (C=O) groups excluding carboxylic acids is 1. The monoisotopic (exact) mass is 266 g/mol. The zero-order chi connectivity index (χ0) is 13.0. The number of hydrogen-bond donors (Lipinski definition) is 2. The fraction of sp³-hybridized carbons (Fsp3) is 0.583. The first-order chi connectivity index (χ1) is 8.69. The third-order valence-electron chi connectivity index (χ3n) is 3.28. The van der Waals surface area contributed by atoms with Crippen LogP contribution in [0.5, 0.6) is 0 Å². The molecule has 0 atom stereocenters. The maximum atomic E-state index is 10.9. The standard InChI is InChI=1S/C12H18N4OS/c1-18-9-4-2-8(3-5-9)14-11-7-6-10(12(13)17)15-16-11/h6-9H,2-5H2,1H3,(H2,13,17)(H,14,16). The summed E-state index contributed by atoms with van der Waals surface area (Å²) in [6.07, 6.45) is 6.97. The van der Waals surface area contributed by atoms with Gasteiger partial charge in [0.15, 0.2) is 5.69 Å². The summed E-state index contributed by atoms with van der Waals surface area (Å²) in [6, 6.07) is 3.82. The molecule has 1 amide bonds. The van der Waals surface area contributed by atoms with Gasteiger partial charge in [0.2, 0.25) is 0 Å². The van der Waals surface area contributed by atoms with Crippen LogP contribution < -0.4 is 11.1 Å². The van der Waals surface area contributed by atoms with Crippen molar-refractivity contribution in [2.24, 2.45) is 5.73 Å². The van der Waals surface area contributed by atoms with Crippen LogP contribution in [0.2, 0.25) is 0 Å². The number of nitrogens with zero attached hydrogens (tertiary/aromatic N) is 2. The quantitative estimate of drug-likeness (QED) is 0.866. The zero-order valence-corrected chi connectivity index (χ0v) is 11.2. The molecule has 0 aromatic carbocycles. The molecule has 1 heterocycles. The van der Waals surface area contributed by atoms with Gasteiger partial charge >= 0.3 is 0 Å². The molecule has 1 aliphatic rings. The van der Waals surface area contributed by atoms with Crippen molar-refractivity contribution < 1.29 is 4.79 Å². The first-order valence-electron chi connectivity index (χ1n) is 6.12. The summed E-state index contributed by atoms with van der Waals surface area (Å²) < 4.78 is 0. The Kier molecular flexibility index (Phi) is 4.41. The molecule has 1 fully saturated rings. The zero-order valence-electron chi connectivity index (χ0n) is 10.4. The van der Waals surface area contributed by atoms with Gasteiger partial charge in [-0.3, -0.25) is 4.79 Å². The van der Waals surface area contributed by atoms with E-state index in [-0.39, 0.29) is 5.69 Å². The Labute approximate surface area is 111 Å². The molecule has 6 heteroatoms. The summed E-state index contributed by atoms with van der Waals surface area (Å²) in [6.45, 7) is 0. The van der Waals surface area contributed by atoms with Crippen molar-refractivity contribution in [3.8, 4) is 0 Å². The van der Waals surface area contributed by atoms with E-state index in [2.05, 4.69) is 21.8 Å². The molecule has 0 saturated heterocycles. The van der Waals surface area contributed by atoms with Gasteiger partial charge in [-0.1, -0.05) is 0 Å². The van der Waals surface area contributed by atoms with Crippen molar-refractivity contribution >= 4 is 23.5 Å². The van der Waals surface area contributed by atoms with Crippen molar-refractivity contribution in [3.05, 3.63) is 17.8 Å². The lowest BCUT2D eigenvalue weighted by Gasteiger charge is -2.28. The number of nitrogens with two attached hydrogens (primary N) is 1. The molecule has 2 rings (SSSR count). The van der Waals surface area contributed by atoms with E-state index in [0.29, 0.717) is 11.9 Å². The van der Waals surface area contributed by atoms with E-state index in [0.717, 1.165) is 18.1 Å². The number of thioether (sulfide) groups is 1. The molecule has 0 unspecified atom stereocenters. The molecule has 1 aromatic heterocycles. The van der Waals surface area contributed by atoms with Crippen LogP contribution in [0.3, 0.4) is 0 Å². The lowest BCUT2D eigenvalue weighted by atomic mass is 9.95. The van der Waals surface area contributed by atoms with Gasteiger partial charge in [0.25, 0.3) is 5.91 Å². The summed E-state index contributed by atoms with van der Waals surface area (Å²) in [5.74, 6) is 0.169. The average molecular weight is 266 g/mol. The van der Waals surface area contributed by atoms with E-state index < -0.39 is 5.91 Å². The van der Waals surface area contributed by atoms with Crippen LogP contribution in [0.15, 0.2) is 12.1 Å². The Morgan fingerprint density at radius 2 is 2.06 bits per heavy atom. The number of carbonyl (C=O) groups is 1. The van der Waals surface area contributed by atoms with Crippen LogP contribution in [0.1, 0.15) is 36.2 Å². The highest BCUT2D eigenvalue weighted by Crippen LogP contribution is 2.28. The Morgan fingerprint density at radius 3 is 2.56 bits per heavy atom. The summed E-state index contributed by atoms with van der Waals surface area (Å²) in [7, 11) is 0. The molecule has 3 N–H and O–H groups in total. The maximum absolute atomic E-state index is 10.9. The first kappa shape index (κ1) is 13.1. The molecule has 5 nitrogen and oxygen atoms in total. The molecular weight excluding hydrogens is 248 g/mol. The molecule has 18 heavy (non-hydrogen) atoms. The minimum absolute atomic E-state index is 0.201. The van der Waals surface area contributed by atoms with Gasteiger partial charge in [0.05, 0.1) is 0 Å². The second-order valence-electron chi connectivity index (χ2n) is 4.52. The minimum Gasteiger partial charge on any atom is -0.366 e. The van der Waals surface area contributed by atoms with Crippen LogP contribution in [0.4, 0.5) is 5.82 Å². The van der Waals surface area contributed by atoms with Gasteiger partial charge in [-0.25, -0.2) is 0 Å². The molecule has 98 valence electrons. The van der Waals surface area contributed by atoms with E-state index in [1.807, 2.05) is 11.8 Å². The van der Waals surface area contributed by atoms with E-state index in [9.17, 15) is 4.79 Å². The highest BCUT2D eigenvalue weighted by molar-refractivity contribution is 7.99. The van der Waals surface area contributed by atoms with Crippen LogP contribution in [-0.2, 0) is 0 Å². The van der Waals surface area contributed by atoms with E-state index >= 15 is 0 Å². The van der Waals surface area contributed by atoms with Gasteiger partial charge in [-0.05, 0) is 44.1 Å². The van der Waals surface area contributed by atoms with E-state index in [4.69, 9.17) is 5.73 Å². The number of hydrogen-bond acceptors (Lipinski definition) is 5. The maximum Gasteiger partial charge on any atom is 0.269 e. The van der Waals surface area contributed by atoms with Crippen molar-refractivity contribution in [1.29, 1.82) is 0 Å². The average Bonchev–Trinajstić information content (AvgIpc) is 2.40. The number of anilines is 1. The van der Waals surface area contributed by atoms with E-state index in [1.165, 1.54) is 12.8 Å². The number of rotatable bonds is 4. The third-order valence-corrected chi connectivity index (χ3v) is 4.41. The number of nitrogens with one attached hydrogen (secondary N) is 1. The lowest BCUT2D eigenvalue weighted by molar-refractivity contribution is 0.0994. The number of amides is 1. The van der Waals surface area contributed by atoms with Crippen molar-refractivity contribution in [3.63, 3.8) is 0 Å². The Bertz CT molecular complexity index is 401. The molecule has 0 aliphatic heterocycles. The second kappa shape index (κ2) is 6.04. The summed E-state index contributed by atoms with van der Waals surface area (Å²) >= 11 is 1.95. The largest absolute Gasteiger partial charge is 0.366 e. The summed E-state index contributed by atoms with van der Waals surface area (Å²) in [4.78, 5) is 10.9. The van der Waals surface area contributed by atoms with Crippen LogP contribution in [0, 0.1) is 0 Å². The highest BCUT2D eigenvalue weighted by atomic mass is 32.2. The molecule has 1 aliphatic carbocycles. The molecular formula is C12H18N4OS. The number of aromatic nitrogens is 2. The molecule has 1 saturated carbocycles. The predicted molar refractivity (Wildman–Crippen MR) is 73.7 cm³/mol. The van der Waals surface area contributed by atoms with Gasteiger partial charge in [-0.15, -0.1) is 10.2 Å².